The highest BCUT2D eigenvalue weighted by Gasteiger charge is 2.16. The summed E-state index contributed by atoms with van der Waals surface area (Å²) >= 11 is 0. The second-order valence-corrected chi connectivity index (χ2v) is 5.83. The Labute approximate surface area is 111 Å². The molecule has 0 fully saturated rings. The molecule has 0 bridgehead atoms. The van der Waals surface area contributed by atoms with E-state index in [0.29, 0.717) is 5.69 Å². The van der Waals surface area contributed by atoms with Crippen LogP contribution in [0.3, 0.4) is 0 Å². The van der Waals surface area contributed by atoms with Crippen molar-refractivity contribution in [2.45, 2.75) is 18.2 Å². The molecule has 100 valence electrons. The fourth-order valence-corrected chi connectivity index (χ4v) is 2.78. The van der Waals surface area contributed by atoms with E-state index in [9.17, 15) is 13.2 Å². The standard InChI is InChI=1S/C13H14N2O3S/c1-2-13(16)15-19(17,18)12-6-4-9-7-11(14)5-3-10(9)8-12/h3-8H,2,14H2,1H3,(H,15,16). The van der Waals surface area contributed by atoms with Gasteiger partial charge in [-0.3, -0.25) is 4.79 Å². The highest BCUT2D eigenvalue weighted by atomic mass is 32.2. The van der Waals surface area contributed by atoms with Gasteiger partial charge in [-0.1, -0.05) is 19.1 Å². The monoisotopic (exact) mass is 278 g/mol. The van der Waals surface area contributed by atoms with Crippen molar-refractivity contribution in [2.75, 3.05) is 5.73 Å². The molecule has 0 aliphatic carbocycles. The Kier molecular flexibility index (Phi) is 3.44. The zero-order valence-corrected chi connectivity index (χ0v) is 11.2. The Morgan fingerprint density at radius 1 is 1.16 bits per heavy atom. The summed E-state index contributed by atoms with van der Waals surface area (Å²) in [5.41, 5.74) is 6.27. The van der Waals surface area contributed by atoms with Gasteiger partial charge in [0.15, 0.2) is 0 Å². The molecule has 2 rings (SSSR count). The third-order valence-corrected chi connectivity index (χ3v) is 4.09. The van der Waals surface area contributed by atoms with Crippen LogP contribution < -0.4 is 10.5 Å². The Morgan fingerprint density at radius 2 is 1.79 bits per heavy atom. The highest BCUT2D eigenvalue weighted by Crippen LogP contribution is 2.21. The number of nitrogens with two attached hydrogens (primary N) is 1. The Morgan fingerprint density at radius 3 is 2.47 bits per heavy atom. The number of carbonyl (C=O) groups excluding carboxylic acids is 1. The SMILES string of the molecule is CCC(=O)NS(=O)(=O)c1ccc2cc(N)ccc2c1. The molecule has 0 saturated heterocycles. The molecule has 6 heteroatoms. The fraction of sp³-hybridized carbons (Fsp3) is 0.154. The lowest BCUT2D eigenvalue weighted by Gasteiger charge is -2.07. The van der Waals surface area contributed by atoms with Crippen LogP contribution in [0.25, 0.3) is 10.8 Å². The normalized spacial score (nSPS) is 11.4. The van der Waals surface area contributed by atoms with Gasteiger partial charge in [0.25, 0.3) is 10.0 Å². The van der Waals surface area contributed by atoms with Gasteiger partial charge in [-0.25, -0.2) is 13.1 Å². The van der Waals surface area contributed by atoms with Crippen LogP contribution in [-0.2, 0) is 14.8 Å². The first-order chi connectivity index (χ1) is 8.92. The van der Waals surface area contributed by atoms with Crippen LogP contribution >= 0.6 is 0 Å². The highest BCUT2D eigenvalue weighted by molar-refractivity contribution is 7.90. The summed E-state index contributed by atoms with van der Waals surface area (Å²) in [6, 6.07) is 9.83. The summed E-state index contributed by atoms with van der Waals surface area (Å²) < 4.78 is 25.9. The van der Waals surface area contributed by atoms with E-state index in [1.807, 2.05) is 4.72 Å². The molecular weight excluding hydrogens is 264 g/mol. The summed E-state index contributed by atoms with van der Waals surface area (Å²) in [6.07, 6.45) is 0.114. The lowest BCUT2D eigenvalue weighted by atomic mass is 10.1. The van der Waals surface area contributed by atoms with Crippen LogP contribution in [0.1, 0.15) is 13.3 Å². The molecular formula is C13H14N2O3S. The molecule has 0 unspecified atom stereocenters. The minimum absolute atomic E-state index is 0.0616. The van der Waals surface area contributed by atoms with E-state index in [1.165, 1.54) is 12.1 Å². The van der Waals surface area contributed by atoms with Gasteiger partial charge in [-0.05, 0) is 35.0 Å². The number of carbonyl (C=O) groups is 1. The predicted octanol–water partition coefficient (Wildman–Crippen LogP) is 1.64. The molecule has 0 heterocycles. The number of hydrogen-bond acceptors (Lipinski definition) is 4. The number of fused-ring (bicyclic) bond motifs is 1. The summed E-state index contributed by atoms with van der Waals surface area (Å²) in [5.74, 6) is -0.530. The van der Waals surface area contributed by atoms with Crippen molar-refractivity contribution >= 4 is 32.4 Å². The molecule has 2 aromatic carbocycles. The van der Waals surface area contributed by atoms with Gasteiger partial charge in [0.1, 0.15) is 0 Å². The number of anilines is 1. The van der Waals surface area contributed by atoms with Gasteiger partial charge in [-0.15, -0.1) is 0 Å². The van der Waals surface area contributed by atoms with E-state index in [0.717, 1.165) is 10.8 Å². The average Bonchev–Trinajstić information content (AvgIpc) is 2.37. The summed E-state index contributed by atoms with van der Waals surface area (Å²) in [5, 5.41) is 1.60. The van der Waals surface area contributed by atoms with Crippen LogP contribution in [-0.4, -0.2) is 14.3 Å². The van der Waals surface area contributed by atoms with E-state index >= 15 is 0 Å². The topological polar surface area (TPSA) is 89.3 Å². The number of sulfonamides is 1. The van der Waals surface area contributed by atoms with E-state index in [1.54, 1.807) is 31.2 Å². The van der Waals surface area contributed by atoms with Crippen molar-refractivity contribution in [3.05, 3.63) is 36.4 Å². The molecule has 0 atom stereocenters. The summed E-state index contributed by atoms with van der Waals surface area (Å²) in [4.78, 5) is 11.3. The van der Waals surface area contributed by atoms with Crippen molar-refractivity contribution < 1.29 is 13.2 Å². The van der Waals surface area contributed by atoms with Gasteiger partial charge in [-0.2, -0.15) is 0 Å². The van der Waals surface area contributed by atoms with Crippen molar-refractivity contribution in [3.8, 4) is 0 Å². The molecule has 0 spiro atoms. The van der Waals surface area contributed by atoms with Crippen molar-refractivity contribution in [3.63, 3.8) is 0 Å². The largest absolute Gasteiger partial charge is 0.399 e. The van der Waals surface area contributed by atoms with Crippen LogP contribution in [0.2, 0.25) is 0 Å². The van der Waals surface area contributed by atoms with Gasteiger partial charge in [0.05, 0.1) is 4.90 Å². The number of nitrogens with one attached hydrogen (secondary N) is 1. The molecule has 0 aliphatic heterocycles. The van der Waals surface area contributed by atoms with Crippen LogP contribution in [0.5, 0.6) is 0 Å². The Bertz CT molecular complexity index is 739. The van der Waals surface area contributed by atoms with Gasteiger partial charge in [0, 0.05) is 12.1 Å². The number of benzene rings is 2. The molecule has 1 amide bonds. The van der Waals surface area contributed by atoms with Crippen LogP contribution in [0, 0.1) is 0 Å². The molecule has 2 aromatic rings. The quantitative estimate of drug-likeness (QED) is 0.835. The number of nitrogen functional groups attached to an aromatic ring is 1. The summed E-state index contributed by atoms with van der Waals surface area (Å²) in [7, 11) is -3.80. The van der Waals surface area contributed by atoms with Gasteiger partial charge < -0.3 is 5.73 Å². The zero-order valence-electron chi connectivity index (χ0n) is 10.4. The maximum Gasteiger partial charge on any atom is 0.264 e. The first-order valence-electron chi connectivity index (χ1n) is 5.77. The number of amides is 1. The number of hydrogen-bond donors (Lipinski definition) is 2. The first kappa shape index (κ1) is 13.4. The molecule has 5 nitrogen and oxygen atoms in total. The maximum absolute atomic E-state index is 12.0. The Balaban J connectivity index is 2.46. The third kappa shape index (κ3) is 2.85. The average molecular weight is 278 g/mol. The fourth-order valence-electron chi connectivity index (χ4n) is 1.69. The molecule has 0 aromatic heterocycles. The lowest BCUT2D eigenvalue weighted by Crippen LogP contribution is -2.29. The molecule has 0 aliphatic rings. The molecule has 0 radical (unpaired) electrons. The van der Waals surface area contributed by atoms with Crippen molar-refractivity contribution in [1.82, 2.24) is 4.72 Å². The van der Waals surface area contributed by atoms with Gasteiger partial charge >= 0.3 is 0 Å². The van der Waals surface area contributed by atoms with Gasteiger partial charge in [0.2, 0.25) is 5.91 Å². The van der Waals surface area contributed by atoms with E-state index < -0.39 is 15.9 Å². The van der Waals surface area contributed by atoms with E-state index in [-0.39, 0.29) is 11.3 Å². The second kappa shape index (κ2) is 4.89. The Hall–Kier alpha value is -2.08. The van der Waals surface area contributed by atoms with Crippen molar-refractivity contribution in [2.24, 2.45) is 0 Å². The van der Waals surface area contributed by atoms with Crippen LogP contribution in [0.15, 0.2) is 41.3 Å². The first-order valence-corrected chi connectivity index (χ1v) is 7.25. The number of rotatable bonds is 3. The zero-order chi connectivity index (χ0) is 14.0. The molecule has 19 heavy (non-hydrogen) atoms. The minimum Gasteiger partial charge on any atom is -0.399 e. The van der Waals surface area contributed by atoms with Crippen molar-refractivity contribution in [1.29, 1.82) is 0 Å². The molecule has 3 N–H and O–H groups in total. The summed E-state index contributed by atoms with van der Waals surface area (Å²) in [6.45, 7) is 1.59. The van der Waals surface area contributed by atoms with E-state index in [2.05, 4.69) is 0 Å². The lowest BCUT2D eigenvalue weighted by molar-refractivity contribution is -0.119. The van der Waals surface area contributed by atoms with Crippen LogP contribution in [0.4, 0.5) is 5.69 Å². The molecule has 0 saturated carbocycles. The minimum atomic E-state index is -3.80. The third-order valence-electron chi connectivity index (χ3n) is 2.72. The smallest absolute Gasteiger partial charge is 0.264 e. The predicted molar refractivity (Wildman–Crippen MR) is 74.0 cm³/mol. The second-order valence-electron chi connectivity index (χ2n) is 4.15. The maximum atomic E-state index is 12.0. The van der Waals surface area contributed by atoms with E-state index in [4.69, 9.17) is 5.73 Å².